The minimum absolute atomic E-state index is 0.345. The van der Waals surface area contributed by atoms with Crippen molar-refractivity contribution in [2.24, 2.45) is 0 Å². The van der Waals surface area contributed by atoms with E-state index in [9.17, 15) is 0 Å². The molecule has 2 aromatic rings. The first-order chi connectivity index (χ1) is 9.63. The largest absolute Gasteiger partial charge is 0.496 e. The molecule has 20 heavy (non-hydrogen) atoms. The molecule has 1 aromatic carbocycles. The SMILES string of the molecule is COc1ccsc1C(Cl)c1ccc(OC)c(Br)c1OC. The van der Waals surface area contributed by atoms with Crippen LogP contribution in [0, 0.1) is 0 Å². The zero-order valence-corrected chi connectivity index (χ0v) is 14.4. The Morgan fingerprint density at radius 1 is 1.05 bits per heavy atom. The predicted molar refractivity (Wildman–Crippen MR) is 85.8 cm³/mol. The van der Waals surface area contributed by atoms with Gasteiger partial charge in [0, 0.05) is 5.56 Å². The van der Waals surface area contributed by atoms with Crippen molar-refractivity contribution in [3.8, 4) is 17.2 Å². The van der Waals surface area contributed by atoms with Crippen LogP contribution in [0.25, 0.3) is 0 Å². The van der Waals surface area contributed by atoms with Crippen molar-refractivity contribution in [2.75, 3.05) is 21.3 Å². The summed E-state index contributed by atoms with van der Waals surface area (Å²) in [6.07, 6.45) is 0. The van der Waals surface area contributed by atoms with Gasteiger partial charge in [0.2, 0.25) is 0 Å². The van der Waals surface area contributed by atoms with Gasteiger partial charge in [0.15, 0.2) is 0 Å². The van der Waals surface area contributed by atoms with Crippen LogP contribution in [-0.2, 0) is 0 Å². The van der Waals surface area contributed by atoms with E-state index >= 15 is 0 Å². The Hall–Kier alpha value is -0.910. The Labute approximate surface area is 135 Å². The molecule has 1 aromatic heterocycles. The van der Waals surface area contributed by atoms with Crippen molar-refractivity contribution in [2.45, 2.75) is 5.38 Å². The van der Waals surface area contributed by atoms with E-state index in [1.165, 1.54) is 0 Å². The van der Waals surface area contributed by atoms with Gasteiger partial charge in [0.05, 0.1) is 26.2 Å². The van der Waals surface area contributed by atoms with Gasteiger partial charge in [-0.05, 0) is 39.5 Å². The van der Waals surface area contributed by atoms with Crippen LogP contribution < -0.4 is 14.2 Å². The summed E-state index contributed by atoms with van der Waals surface area (Å²) >= 11 is 11.6. The van der Waals surface area contributed by atoms with Gasteiger partial charge in [-0.1, -0.05) is 0 Å². The summed E-state index contributed by atoms with van der Waals surface area (Å²) in [7, 11) is 4.86. The highest BCUT2D eigenvalue weighted by Gasteiger charge is 2.23. The first-order valence-corrected chi connectivity index (χ1v) is 7.90. The van der Waals surface area contributed by atoms with Crippen molar-refractivity contribution in [1.82, 2.24) is 0 Å². The number of halogens is 2. The summed E-state index contributed by atoms with van der Waals surface area (Å²) in [5.74, 6) is 2.15. The number of rotatable bonds is 5. The Kier molecular flexibility index (Phi) is 5.18. The fourth-order valence-electron chi connectivity index (χ4n) is 1.92. The third-order valence-corrected chi connectivity index (χ3v) is 5.19. The molecular formula is C14H14BrClO3S. The Bertz CT molecular complexity index is 600. The molecular weight excluding hydrogens is 364 g/mol. The average molecular weight is 378 g/mol. The minimum Gasteiger partial charge on any atom is -0.496 e. The van der Waals surface area contributed by atoms with Crippen LogP contribution in [0.1, 0.15) is 15.8 Å². The summed E-state index contributed by atoms with van der Waals surface area (Å²) in [5.41, 5.74) is 0.864. The van der Waals surface area contributed by atoms with Gasteiger partial charge in [-0.25, -0.2) is 0 Å². The van der Waals surface area contributed by atoms with Gasteiger partial charge in [-0.15, -0.1) is 22.9 Å². The van der Waals surface area contributed by atoms with E-state index in [0.29, 0.717) is 11.5 Å². The molecule has 1 heterocycles. The third kappa shape index (κ3) is 2.75. The summed E-state index contributed by atoms with van der Waals surface area (Å²) in [5, 5.41) is 1.61. The molecule has 0 spiro atoms. The number of methoxy groups -OCH3 is 3. The molecule has 0 aliphatic rings. The maximum Gasteiger partial charge on any atom is 0.141 e. The van der Waals surface area contributed by atoms with E-state index in [1.54, 1.807) is 32.7 Å². The standard InChI is InChI=1S/C14H14BrClO3S/c1-17-9-5-4-8(13(19-3)11(9)15)12(16)14-10(18-2)6-7-20-14/h4-7,12H,1-3H3. The number of benzene rings is 1. The highest BCUT2D eigenvalue weighted by molar-refractivity contribution is 9.10. The highest BCUT2D eigenvalue weighted by atomic mass is 79.9. The summed E-state index contributed by atoms with van der Waals surface area (Å²) in [6, 6.07) is 5.66. The highest BCUT2D eigenvalue weighted by Crippen LogP contribution is 2.46. The monoisotopic (exact) mass is 376 g/mol. The molecule has 0 aliphatic carbocycles. The molecule has 1 atom stereocenters. The molecule has 0 radical (unpaired) electrons. The van der Waals surface area contributed by atoms with Gasteiger partial charge in [-0.2, -0.15) is 0 Å². The number of ether oxygens (including phenoxy) is 3. The van der Waals surface area contributed by atoms with E-state index < -0.39 is 0 Å². The van der Waals surface area contributed by atoms with Crippen molar-refractivity contribution >= 4 is 38.9 Å². The molecule has 0 N–H and O–H groups in total. The second kappa shape index (κ2) is 6.70. The van der Waals surface area contributed by atoms with Gasteiger partial charge < -0.3 is 14.2 Å². The molecule has 2 rings (SSSR count). The van der Waals surface area contributed by atoms with Crippen LogP contribution in [0.3, 0.4) is 0 Å². The molecule has 1 unspecified atom stereocenters. The summed E-state index contributed by atoms with van der Waals surface area (Å²) in [6.45, 7) is 0. The van der Waals surface area contributed by atoms with Crippen LogP contribution in [-0.4, -0.2) is 21.3 Å². The van der Waals surface area contributed by atoms with Crippen LogP contribution >= 0.6 is 38.9 Å². The molecule has 108 valence electrons. The molecule has 3 nitrogen and oxygen atoms in total. The fraction of sp³-hybridized carbons (Fsp3) is 0.286. The molecule has 0 amide bonds. The maximum absolute atomic E-state index is 6.60. The number of alkyl halides is 1. The summed E-state index contributed by atoms with van der Waals surface area (Å²) in [4.78, 5) is 0.949. The van der Waals surface area contributed by atoms with Crippen molar-refractivity contribution in [3.63, 3.8) is 0 Å². The first-order valence-electron chi connectivity index (χ1n) is 5.79. The lowest BCUT2D eigenvalue weighted by Gasteiger charge is -2.17. The quantitative estimate of drug-likeness (QED) is 0.696. The number of hydrogen-bond acceptors (Lipinski definition) is 4. The smallest absolute Gasteiger partial charge is 0.141 e. The fourth-order valence-corrected chi connectivity index (χ4v) is 3.89. The molecule has 0 saturated carbocycles. The molecule has 0 bridgehead atoms. The van der Waals surface area contributed by atoms with E-state index in [-0.39, 0.29) is 5.38 Å². The van der Waals surface area contributed by atoms with Crippen molar-refractivity contribution < 1.29 is 14.2 Å². The number of thiophene rings is 1. The van der Waals surface area contributed by atoms with Crippen molar-refractivity contribution in [1.29, 1.82) is 0 Å². The second-order valence-electron chi connectivity index (χ2n) is 3.92. The van der Waals surface area contributed by atoms with Crippen LogP contribution in [0.15, 0.2) is 28.1 Å². The topological polar surface area (TPSA) is 27.7 Å². The Balaban J connectivity index is 2.49. The third-order valence-electron chi connectivity index (χ3n) is 2.90. The van der Waals surface area contributed by atoms with Gasteiger partial charge in [0.25, 0.3) is 0 Å². The molecule has 0 saturated heterocycles. The second-order valence-corrected chi connectivity index (χ2v) is 6.10. The van der Waals surface area contributed by atoms with Gasteiger partial charge in [-0.3, -0.25) is 0 Å². The van der Waals surface area contributed by atoms with Crippen LogP contribution in [0.4, 0.5) is 0 Å². The average Bonchev–Trinajstić information content (AvgIpc) is 2.94. The lowest BCUT2D eigenvalue weighted by atomic mass is 10.1. The first kappa shape index (κ1) is 15.5. The maximum atomic E-state index is 6.60. The lowest BCUT2D eigenvalue weighted by Crippen LogP contribution is -1.99. The molecule has 0 fully saturated rings. The van der Waals surface area contributed by atoms with Crippen molar-refractivity contribution in [3.05, 3.63) is 38.5 Å². The zero-order valence-electron chi connectivity index (χ0n) is 11.3. The lowest BCUT2D eigenvalue weighted by molar-refractivity contribution is 0.386. The summed E-state index contributed by atoms with van der Waals surface area (Å²) < 4.78 is 16.8. The number of hydrogen-bond donors (Lipinski definition) is 0. The minimum atomic E-state index is -0.345. The zero-order chi connectivity index (χ0) is 14.7. The predicted octanol–water partition coefficient (Wildman–Crippen LogP) is 4.86. The van der Waals surface area contributed by atoms with Crippen LogP contribution in [0.2, 0.25) is 0 Å². The van der Waals surface area contributed by atoms with Gasteiger partial charge in [0.1, 0.15) is 27.1 Å². The van der Waals surface area contributed by atoms with Crippen LogP contribution in [0.5, 0.6) is 17.2 Å². The Morgan fingerprint density at radius 2 is 1.75 bits per heavy atom. The normalized spacial score (nSPS) is 12.1. The van der Waals surface area contributed by atoms with E-state index in [0.717, 1.165) is 20.7 Å². The van der Waals surface area contributed by atoms with Gasteiger partial charge >= 0.3 is 0 Å². The van der Waals surface area contributed by atoms with E-state index in [2.05, 4.69) is 15.9 Å². The molecule has 6 heteroatoms. The van der Waals surface area contributed by atoms with E-state index in [4.69, 9.17) is 25.8 Å². The van der Waals surface area contributed by atoms with E-state index in [1.807, 2.05) is 23.6 Å². The Morgan fingerprint density at radius 3 is 2.35 bits per heavy atom. The molecule has 0 aliphatic heterocycles.